The van der Waals surface area contributed by atoms with Crippen LogP contribution in [0.2, 0.25) is 44.8 Å². The molecule has 17 heteroatoms. The van der Waals surface area contributed by atoms with E-state index in [1.54, 1.807) is 0 Å². The topological polar surface area (TPSA) is 210 Å². The van der Waals surface area contributed by atoms with Crippen molar-refractivity contribution in [2.75, 3.05) is 39.5 Å². The third-order valence-corrected chi connectivity index (χ3v) is 15.4. The van der Waals surface area contributed by atoms with Crippen LogP contribution in [0.3, 0.4) is 0 Å². The summed E-state index contributed by atoms with van der Waals surface area (Å²) >= 11 is 0. The first-order chi connectivity index (χ1) is 18.6. The second-order valence-electron chi connectivity index (χ2n) is 10.6. The number of carbonyl (C=O) groups is 4. The molecule has 0 aliphatic carbocycles. The van der Waals surface area contributed by atoms with Gasteiger partial charge in [-0.2, -0.15) is 0 Å². The third-order valence-electron chi connectivity index (χ3n) is 5.12. The van der Waals surface area contributed by atoms with Crippen LogP contribution in [0, 0.1) is 0 Å². The number of aliphatic hydroxyl groups is 4. The molecule has 6 N–H and O–H groups in total. The van der Waals surface area contributed by atoms with Crippen LogP contribution in [-0.2, 0) is 36.9 Å². The van der Waals surface area contributed by atoms with E-state index in [9.17, 15) is 29.4 Å². The van der Waals surface area contributed by atoms with Gasteiger partial charge in [-0.25, -0.2) is 0 Å². The SMILES string of the molecule is C[SiH](CCCNC(=O)CC(=O)OCC(O)CO)O[Si](C)(CCCNC(=O)CC(=O)OCC(O)CO)O[Si](C)(C)C. The van der Waals surface area contributed by atoms with Gasteiger partial charge < -0.3 is 48.8 Å². The summed E-state index contributed by atoms with van der Waals surface area (Å²) in [6, 6.07) is 1.42. The van der Waals surface area contributed by atoms with Crippen molar-refractivity contribution in [2.45, 2.75) is 82.7 Å². The van der Waals surface area contributed by atoms with Crippen molar-refractivity contribution < 1.29 is 57.3 Å². The van der Waals surface area contributed by atoms with Gasteiger partial charge in [0.1, 0.15) is 38.3 Å². The zero-order chi connectivity index (χ0) is 30.8. The number of hydrogen-bond acceptors (Lipinski definition) is 12. The first kappa shape index (κ1) is 38.3. The standard InChI is InChI=1S/C23H48N2O12Si3/c1-38(10-6-8-24-20(30)12-22(32)34-16-18(28)14-26)36-40(5,37-39(2,3)4)11-7-9-25-21(31)13-23(33)35-17-19(29)15-27/h18-19,26-29,38H,6-17H2,1-5H3,(H,24,30)(H,25,31). The van der Waals surface area contributed by atoms with E-state index in [0.29, 0.717) is 32.0 Å². The van der Waals surface area contributed by atoms with Gasteiger partial charge in [-0.15, -0.1) is 0 Å². The number of ether oxygens (including phenoxy) is 2. The van der Waals surface area contributed by atoms with Crippen LogP contribution in [0.1, 0.15) is 25.7 Å². The summed E-state index contributed by atoms with van der Waals surface area (Å²) < 4.78 is 22.4. The second-order valence-corrected chi connectivity index (χ2v) is 21.6. The first-order valence-corrected chi connectivity index (χ1v) is 21.8. The monoisotopic (exact) mass is 628 g/mol. The summed E-state index contributed by atoms with van der Waals surface area (Å²) in [7, 11) is -6.16. The van der Waals surface area contributed by atoms with E-state index in [2.05, 4.69) is 36.8 Å². The van der Waals surface area contributed by atoms with Crippen molar-refractivity contribution in [3.05, 3.63) is 0 Å². The van der Waals surface area contributed by atoms with Crippen LogP contribution in [0.25, 0.3) is 0 Å². The van der Waals surface area contributed by atoms with Crippen molar-refractivity contribution in [2.24, 2.45) is 0 Å². The van der Waals surface area contributed by atoms with E-state index in [1.807, 2.05) is 6.55 Å². The third kappa shape index (κ3) is 21.1. The Morgan fingerprint density at radius 2 is 1.25 bits per heavy atom. The zero-order valence-electron chi connectivity index (χ0n) is 24.3. The molecule has 4 atom stereocenters. The highest BCUT2D eigenvalue weighted by Gasteiger charge is 2.37. The van der Waals surface area contributed by atoms with Crippen molar-refractivity contribution in [3.8, 4) is 0 Å². The largest absolute Gasteiger partial charge is 0.462 e. The highest BCUT2D eigenvalue weighted by molar-refractivity contribution is 6.84. The maximum atomic E-state index is 12.0. The Kier molecular flexibility index (Phi) is 19.4. The first-order valence-electron chi connectivity index (χ1n) is 13.4. The molecule has 0 spiro atoms. The lowest BCUT2D eigenvalue weighted by atomic mass is 10.3. The molecule has 0 rings (SSSR count). The molecule has 0 radical (unpaired) electrons. The van der Waals surface area contributed by atoms with Gasteiger partial charge in [-0.1, -0.05) is 0 Å². The van der Waals surface area contributed by atoms with Crippen molar-refractivity contribution in [3.63, 3.8) is 0 Å². The molecule has 0 saturated heterocycles. The molecule has 0 aliphatic heterocycles. The fraction of sp³-hybridized carbons (Fsp3) is 0.826. The van der Waals surface area contributed by atoms with Crippen LogP contribution < -0.4 is 10.6 Å². The quantitative estimate of drug-likeness (QED) is 0.0364. The second kappa shape index (κ2) is 20.2. The number of carbonyl (C=O) groups excluding carboxylic acids is 4. The summed E-state index contributed by atoms with van der Waals surface area (Å²) in [6.07, 6.45) is -2.05. The fourth-order valence-electron chi connectivity index (χ4n) is 3.49. The normalized spacial score (nSPS) is 15.3. The lowest BCUT2D eigenvalue weighted by Gasteiger charge is -2.36. The Hall–Kier alpha value is -1.71. The minimum atomic E-state index is -2.56. The number of nitrogens with one attached hydrogen (secondary N) is 2. The maximum absolute atomic E-state index is 12.0. The minimum absolute atomic E-state index is 0.329. The number of hydrogen-bond donors (Lipinski definition) is 6. The molecule has 0 fully saturated rings. The number of aliphatic hydroxyl groups excluding tert-OH is 4. The van der Waals surface area contributed by atoms with E-state index in [0.717, 1.165) is 6.04 Å². The summed E-state index contributed by atoms with van der Waals surface area (Å²) in [5.74, 6) is -2.56. The van der Waals surface area contributed by atoms with Gasteiger partial charge in [0.15, 0.2) is 17.4 Å². The number of amides is 2. The molecular weight excluding hydrogens is 581 g/mol. The Bertz CT molecular complexity index is 787. The molecule has 0 saturated carbocycles. The Morgan fingerprint density at radius 3 is 1.68 bits per heavy atom. The fourth-order valence-corrected chi connectivity index (χ4v) is 15.7. The van der Waals surface area contributed by atoms with Crippen LogP contribution in [0.15, 0.2) is 0 Å². The van der Waals surface area contributed by atoms with E-state index in [4.69, 9.17) is 27.9 Å². The molecular formula is C23H48N2O12Si3. The van der Waals surface area contributed by atoms with Crippen LogP contribution in [-0.4, -0.2) is 122 Å². The van der Waals surface area contributed by atoms with Gasteiger partial charge in [0.05, 0.1) is 13.2 Å². The maximum Gasteiger partial charge on any atom is 0.315 e. The molecule has 40 heavy (non-hydrogen) atoms. The Morgan fingerprint density at radius 1 is 0.800 bits per heavy atom. The Labute approximate surface area is 239 Å². The van der Waals surface area contributed by atoms with Crippen molar-refractivity contribution in [1.82, 2.24) is 10.6 Å². The summed E-state index contributed by atoms with van der Waals surface area (Å²) in [4.78, 5) is 47.1. The summed E-state index contributed by atoms with van der Waals surface area (Å²) in [5, 5.41) is 41.1. The zero-order valence-corrected chi connectivity index (χ0v) is 27.4. The van der Waals surface area contributed by atoms with Gasteiger partial charge in [0, 0.05) is 13.1 Å². The molecule has 0 heterocycles. The molecule has 4 unspecified atom stereocenters. The Balaban J connectivity index is 4.49. The van der Waals surface area contributed by atoms with E-state index in [1.165, 1.54) is 0 Å². The van der Waals surface area contributed by atoms with Gasteiger partial charge in [0.2, 0.25) is 11.8 Å². The van der Waals surface area contributed by atoms with Crippen LogP contribution in [0.4, 0.5) is 0 Å². The summed E-state index contributed by atoms with van der Waals surface area (Å²) in [5.41, 5.74) is 0. The van der Waals surface area contributed by atoms with Crippen molar-refractivity contribution in [1.29, 1.82) is 0 Å². The molecule has 2 amide bonds. The average Bonchev–Trinajstić information content (AvgIpc) is 2.85. The highest BCUT2D eigenvalue weighted by atomic mass is 28.5. The van der Waals surface area contributed by atoms with Gasteiger partial charge in [-0.05, 0) is 57.7 Å². The van der Waals surface area contributed by atoms with Crippen LogP contribution in [0.5, 0.6) is 0 Å². The number of rotatable bonds is 22. The average molecular weight is 629 g/mol. The van der Waals surface area contributed by atoms with Gasteiger partial charge >= 0.3 is 20.5 Å². The number of esters is 2. The molecule has 0 aliphatic rings. The van der Waals surface area contributed by atoms with Gasteiger partial charge in [-0.3, -0.25) is 19.2 Å². The molecule has 0 bridgehead atoms. The van der Waals surface area contributed by atoms with E-state index in [-0.39, 0.29) is 13.2 Å². The van der Waals surface area contributed by atoms with E-state index >= 15 is 0 Å². The predicted octanol–water partition coefficient (Wildman–Crippen LogP) is -1.13. The molecule has 0 aromatic rings. The lowest BCUT2D eigenvalue weighted by Crippen LogP contribution is -2.50. The molecule has 14 nitrogen and oxygen atoms in total. The molecule has 0 aromatic heterocycles. The highest BCUT2D eigenvalue weighted by Crippen LogP contribution is 2.23. The molecule has 0 aromatic carbocycles. The smallest absolute Gasteiger partial charge is 0.315 e. The lowest BCUT2D eigenvalue weighted by molar-refractivity contribution is -0.151. The molecule has 234 valence electrons. The summed E-state index contributed by atoms with van der Waals surface area (Å²) in [6.45, 7) is 9.20. The van der Waals surface area contributed by atoms with Crippen LogP contribution >= 0.6 is 0 Å². The van der Waals surface area contributed by atoms with E-state index < -0.39 is 87.9 Å². The minimum Gasteiger partial charge on any atom is -0.462 e. The van der Waals surface area contributed by atoms with Crippen molar-refractivity contribution >= 4 is 49.7 Å². The van der Waals surface area contributed by atoms with Gasteiger partial charge in [0.25, 0.3) is 0 Å². The predicted molar refractivity (Wildman–Crippen MR) is 152 cm³/mol.